The molecule has 1 N–H and O–H groups in total. The van der Waals surface area contributed by atoms with Crippen LogP contribution in [0.5, 0.6) is 0 Å². The van der Waals surface area contributed by atoms with E-state index >= 15 is 0 Å². The summed E-state index contributed by atoms with van der Waals surface area (Å²) in [5.74, 6) is 0.365. The normalized spacial score (nSPS) is 18.8. The van der Waals surface area contributed by atoms with Crippen molar-refractivity contribution in [1.82, 2.24) is 4.98 Å². The molecule has 20 heavy (non-hydrogen) atoms. The summed E-state index contributed by atoms with van der Waals surface area (Å²) in [6.07, 6.45) is 2.24. The van der Waals surface area contributed by atoms with Gasteiger partial charge in [0.15, 0.2) is 0 Å². The molecule has 1 saturated carbocycles. The standard InChI is InChI=1S/C14H18ClF3N2/c15-9-13(6-2-1-3-7-13)10-20-12-11(14(16,17)18)5-4-8-19-12/h4-5,8H,1-3,6-7,9-10H2,(H,19,20). The first kappa shape index (κ1) is 15.4. The summed E-state index contributed by atoms with van der Waals surface area (Å²) < 4.78 is 38.7. The molecule has 0 amide bonds. The molecule has 1 aromatic heterocycles. The molecule has 0 unspecified atom stereocenters. The van der Waals surface area contributed by atoms with Gasteiger partial charge >= 0.3 is 6.18 Å². The Morgan fingerprint density at radius 1 is 1.25 bits per heavy atom. The number of nitrogens with zero attached hydrogens (tertiary/aromatic N) is 1. The maximum atomic E-state index is 12.9. The molecule has 0 atom stereocenters. The van der Waals surface area contributed by atoms with E-state index in [0.717, 1.165) is 31.7 Å². The number of hydrogen-bond acceptors (Lipinski definition) is 2. The van der Waals surface area contributed by atoms with Crippen molar-refractivity contribution in [1.29, 1.82) is 0 Å². The van der Waals surface area contributed by atoms with E-state index in [4.69, 9.17) is 11.6 Å². The van der Waals surface area contributed by atoms with Crippen molar-refractivity contribution in [3.05, 3.63) is 23.9 Å². The van der Waals surface area contributed by atoms with E-state index in [1.807, 2.05) is 0 Å². The van der Waals surface area contributed by atoms with E-state index in [9.17, 15) is 13.2 Å². The van der Waals surface area contributed by atoms with Crippen molar-refractivity contribution in [2.24, 2.45) is 5.41 Å². The molecule has 0 aliphatic heterocycles. The number of aromatic nitrogens is 1. The first-order chi connectivity index (χ1) is 9.47. The van der Waals surface area contributed by atoms with Crippen molar-refractivity contribution in [2.75, 3.05) is 17.7 Å². The molecule has 2 rings (SSSR count). The van der Waals surface area contributed by atoms with Gasteiger partial charge in [0.1, 0.15) is 5.82 Å². The highest BCUT2D eigenvalue weighted by Gasteiger charge is 2.36. The monoisotopic (exact) mass is 306 g/mol. The van der Waals surface area contributed by atoms with Gasteiger partial charge in [0, 0.05) is 24.0 Å². The smallest absolute Gasteiger partial charge is 0.369 e. The summed E-state index contributed by atoms with van der Waals surface area (Å²) in [6, 6.07) is 2.34. The molecular weight excluding hydrogens is 289 g/mol. The number of hydrogen-bond donors (Lipinski definition) is 1. The van der Waals surface area contributed by atoms with Crippen LogP contribution in [0.4, 0.5) is 19.0 Å². The molecule has 6 heteroatoms. The quantitative estimate of drug-likeness (QED) is 0.815. The first-order valence-electron chi connectivity index (χ1n) is 6.79. The summed E-state index contributed by atoms with van der Waals surface area (Å²) in [7, 11) is 0. The number of halogens is 4. The third kappa shape index (κ3) is 3.57. The zero-order valence-electron chi connectivity index (χ0n) is 11.1. The SMILES string of the molecule is FC(F)(F)c1cccnc1NCC1(CCl)CCCCC1. The predicted octanol–water partition coefficient (Wildman–Crippen LogP) is 4.70. The van der Waals surface area contributed by atoms with Crippen molar-refractivity contribution < 1.29 is 13.2 Å². The van der Waals surface area contributed by atoms with Gasteiger partial charge in [-0.25, -0.2) is 4.98 Å². The van der Waals surface area contributed by atoms with E-state index in [-0.39, 0.29) is 11.2 Å². The fourth-order valence-electron chi connectivity index (χ4n) is 2.71. The lowest BCUT2D eigenvalue weighted by Crippen LogP contribution is -2.34. The average molecular weight is 307 g/mol. The molecule has 0 radical (unpaired) electrons. The topological polar surface area (TPSA) is 24.9 Å². The van der Waals surface area contributed by atoms with Gasteiger partial charge < -0.3 is 5.32 Å². The van der Waals surface area contributed by atoms with Gasteiger partial charge in [-0.15, -0.1) is 11.6 Å². The van der Waals surface area contributed by atoms with Crippen LogP contribution in [0.15, 0.2) is 18.3 Å². The highest BCUT2D eigenvalue weighted by atomic mass is 35.5. The lowest BCUT2D eigenvalue weighted by atomic mass is 9.75. The van der Waals surface area contributed by atoms with Crippen LogP contribution in [0.2, 0.25) is 0 Å². The molecule has 0 saturated heterocycles. The van der Waals surface area contributed by atoms with Crippen molar-refractivity contribution in [3.63, 3.8) is 0 Å². The van der Waals surface area contributed by atoms with Gasteiger partial charge in [-0.05, 0) is 25.0 Å². The molecule has 1 aliphatic rings. The number of anilines is 1. The lowest BCUT2D eigenvalue weighted by molar-refractivity contribution is -0.137. The zero-order chi connectivity index (χ0) is 14.6. The minimum absolute atomic E-state index is 0.102. The Bertz CT molecular complexity index is 442. The Morgan fingerprint density at radius 2 is 1.95 bits per heavy atom. The van der Waals surface area contributed by atoms with E-state index in [0.29, 0.717) is 12.4 Å². The second-order valence-electron chi connectivity index (χ2n) is 5.45. The van der Waals surface area contributed by atoms with Gasteiger partial charge in [0.2, 0.25) is 0 Å². The number of pyridine rings is 1. The van der Waals surface area contributed by atoms with E-state index in [2.05, 4.69) is 10.3 Å². The third-order valence-electron chi connectivity index (χ3n) is 3.94. The van der Waals surface area contributed by atoms with Crippen LogP contribution in [0.25, 0.3) is 0 Å². The lowest BCUT2D eigenvalue weighted by Gasteiger charge is -2.36. The molecule has 0 spiro atoms. The third-order valence-corrected chi connectivity index (χ3v) is 4.51. The van der Waals surface area contributed by atoms with E-state index in [1.54, 1.807) is 0 Å². The maximum Gasteiger partial charge on any atom is 0.419 e. The van der Waals surface area contributed by atoms with E-state index < -0.39 is 11.7 Å². The molecule has 112 valence electrons. The predicted molar refractivity (Wildman–Crippen MR) is 74.0 cm³/mol. The van der Waals surface area contributed by atoms with Crippen molar-refractivity contribution in [3.8, 4) is 0 Å². The number of alkyl halides is 4. The van der Waals surface area contributed by atoms with Crippen LogP contribution in [-0.2, 0) is 6.18 Å². The Kier molecular flexibility index (Phi) is 4.78. The van der Waals surface area contributed by atoms with Gasteiger partial charge in [-0.2, -0.15) is 13.2 Å². The Morgan fingerprint density at radius 3 is 2.55 bits per heavy atom. The summed E-state index contributed by atoms with van der Waals surface area (Å²) in [6.45, 7) is 0.441. The number of rotatable bonds is 4. The molecule has 1 heterocycles. The summed E-state index contributed by atoms with van der Waals surface area (Å²) in [5, 5.41) is 2.87. The second-order valence-corrected chi connectivity index (χ2v) is 5.71. The zero-order valence-corrected chi connectivity index (χ0v) is 11.9. The Labute approximate surface area is 121 Å². The minimum atomic E-state index is -4.39. The maximum absolute atomic E-state index is 12.9. The largest absolute Gasteiger partial charge is 0.419 e. The van der Waals surface area contributed by atoms with Crippen LogP contribution in [0.3, 0.4) is 0 Å². The molecule has 1 aliphatic carbocycles. The van der Waals surface area contributed by atoms with Gasteiger partial charge in [0.25, 0.3) is 0 Å². The Balaban J connectivity index is 2.10. The highest BCUT2D eigenvalue weighted by Crippen LogP contribution is 2.39. The van der Waals surface area contributed by atoms with Crippen LogP contribution < -0.4 is 5.32 Å². The number of nitrogens with one attached hydrogen (secondary N) is 1. The summed E-state index contributed by atoms with van der Waals surface area (Å²) >= 11 is 6.05. The first-order valence-corrected chi connectivity index (χ1v) is 7.32. The minimum Gasteiger partial charge on any atom is -0.369 e. The molecule has 0 bridgehead atoms. The Hall–Kier alpha value is -0.970. The van der Waals surface area contributed by atoms with Crippen LogP contribution in [0.1, 0.15) is 37.7 Å². The van der Waals surface area contributed by atoms with Crippen molar-refractivity contribution >= 4 is 17.4 Å². The van der Waals surface area contributed by atoms with Crippen LogP contribution in [-0.4, -0.2) is 17.4 Å². The van der Waals surface area contributed by atoms with Gasteiger partial charge in [-0.3, -0.25) is 0 Å². The van der Waals surface area contributed by atoms with Gasteiger partial charge in [-0.1, -0.05) is 19.3 Å². The summed E-state index contributed by atoms with van der Waals surface area (Å²) in [4.78, 5) is 3.82. The average Bonchev–Trinajstić information content (AvgIpc) is 2.45. The molecular formula is C14H18ClF3N2. The van der Waals surface area contributed by atoms with Crippen LogP contribution >= 0.6 is 11.6 Å². The van der Waals surface area contributed by atoms with Gasteiger partial charge in [0.05, 0.1) is 5.56 Å². The molecule has 0 aromatic carbocycles. The van der Waals surface area contributed by atoms with E-state index in [1.165, 1.54) is 18.7 Å². The second kappa shape index (κ2) is 6.20. The summed E-state index contributed by atoms with van der Waals surface area (Å²) in [5.41, 5.74) is -0.833. The van der Waals surface area contributed by atoms with Crippen LogP contribution in [0, 0.1) is 5.41 Å². The molecule has 1 fully saturated rings. The molecule has 2 nitrogen and oxygen atoms in total. The fraction of sp³-hybridized carbons (Fsp3) is 0.643. The highest BCUT2D eigenvalue weighted by molar-refractivity contribution is 6.18. The molecule has 1 aromatic rings. The van der Waals surface area contributed by atoms with Crippen molar-refractivity contribution in [2.45, 2.75) is 38.3 Å². The fourth-order valence-corrected chi connectivity index (χ4v) is 3.07.